The average molecular weight is 551 g/mol. The number of aromatic nitrogens is 4. The number of carbonyl (C=O) groups excluding carboxylic acids is 1. The van der Waals surface area contributed by atoms with Crippen molar-refractivity contribution in [2.45, 2.75) is 37.3 Å². The number of pyridine rings is 1. The molecule has 1 fully saturated rings. The van der Waals surface area contributed by atoms with Crippen LogP contribution in [0.2, 0.25) is 0 Å². The molecule has 11 nitrogen and oxygen atoms in total. The third-order valence-electron chi connectivity index (χ3n) is 6.23. The Morgan fingerprint density at radius 2 is 1.92 bits per heavy atom. The van der Waals surface area contributed by atoms with Crippen LogP contribution in [0.1, 0.15) is 42.7 Å². The van der Waals surface area contributed by atoms with Crippen molar-refractivity contribution in [3.05, 3.63) is 57.4 Å². The standard InChI is InChI=1S/C23H21F3N6O5S/c1-21(2,36)15-10(23(24,25)26)4-6-12(30-15)22(20(35)28-7-8-37-22)16(33)18-29-11-5-3-9-14(38-32-17(9)27)13(11)19(34)31-18/h3-6,16,33,36H,7-8H2,1-2H3,(H2,27,32)(H,28,35)(H,29,31,34)/t16-,22+/m0/s1. The molecular formula is C23H21F3N6O5S. The molecule has 0 unspecified atom stereocenters. The van der Waals surface area contributed by atoms with Crippen molar-refractivity contribution in [3.63, 3.8) is 0 Å². The molecule has 200 valence electrons. The number of nitrogen functional groups attached to an aromatic ring is 1. The third kappa shape index (κ3) is 3.98. The molecule has 15 heteroatoms. The van der Waals surface area contributed by atoms with Crippen molar-refractivity contribution in [2.75, 3.05) is 18.9 Å². The highest BCUT2D eigenvalue weighted by Gasteiger charge is 2.54. The molecule has 0 spiro atoms. The number of morpholine rings is 1. The predicted molar refractivity (Wildman–Crippen MR) is 130 cm³/mol. The molecule has 1 aliphatic heterocycles. The number of nitrogens with two attached hydrogens (primary N) is 1. The highest BCUT2D eigenvalue weighted by atomic mass is 32.1. The van der Waals surface area contributed by atoms with E-state index >= 15 is 0 Å². The molecule has 0 bridgehead atoms. The van der Waals surface area contributed by atoms with Crippen LogP contribution in [-0.4, -0.2) is 48.6 Å². The zero-order chi connectivity index (χ0) is 27.6. The average Bonchev–Trinajstić information content (AvgIpc) is 3.23. The van der Waals surface area contributed by atoms with Gasteiger partial charge in [0.25, 0.3) is 11.5 Å². The fourth-order valence-corrected chi connectivity index (χ4v) is 5.31. The van der Waals surface area contributed by atoms with Gasteiger partial charge in [-0.25, -0.2) is 0 Å². The van der Waals surface area contributed by atoms with Crippen molar-refractivity contribution in [1.29, 1.82) is 0 Å². The minimum absolute atomic E-state index is 0.0543. The predicted octanol–water partition coefficient (Wildman–Crippen LogP) is 1.83. The Morgan fingerprint density at radius 1 is 1.18 bits per heavy atom. The summed E-state index contributed by atoms with van der Waals surface area (Å²) in [6.45, 7) is 2.13. The van der Waals surface area contributed by atoms with E-state index in [-0.39, 0.29) is 35.7 Å². The second-order valence-electron chi connectivity index (χ2n) is 9.25. The lowest BCUT2D eigenvalue weighted by atomic mass is 9.87. The van der Waals surface area contributed by atoms with Gasteiger partial charge >= 0.3 is 6.18 Å². The first kappa shape index (κ1) is 26.0. The normalized spacial score (nSPS) is 19.6. The molecule has 4 aromatic rings. The Kier molecular flexibility index (Phi) is 5.94. The van der Waals surface area contributed by atoms with E-state index in [0.29, 0.717) is 16.2 Å². The van der Waals surface area contributed by atoms with E-state index in [9.17, 15) is 33.0 Å². The number of ether oxygens (including phenoxy) is 1. The number of benzene rings is 1. The van der Waals surface area contributed by atoms with Crippen LogP contribution in [-0.2, 0) is 26.9 Å². The van der Waals surface area contributed by atoms with Crippen molar-refractivity contribution in [3.8, 4) is 0 Å². The molecule has 6 N–H and O–H groups in total. The van der Waals surface area contributed by atoms with Gasteiger partial charge < -0.3 is 31.0 Å². The van der Waals surface area contributed by atoms with Crippen LogP contribution in [0.4, 0.5) is 19.0 Å². The summed E-state index contributed by atoms with van der Waals surface area (Å²) in [6.07, 6.45) is -6.88. The van der Waals surface area contributed by atoms with Crippen LogP contribution < -0.4 is 16.6 Å². The number of rotatable bonds is 4. The number of aliphatic hydroxyl groups is 2. The van der Waals surface area contributed by atoms with Gasteiger partial charge in [-0.15, -0.1) is 0 Å². The number of hydrogen-bond acceptors (Lipinski definition) is 10. The molecular weight excluding hydrogens is 529 g/mol. The summed E-state index contributed by atoms with van der Waals surface area (Å²) < 4.78 is 51.3. The fourth-order valence-electron chi connectivity index (χ4n) is 4.46. The summed E-state index contributed by atoms with van der Waals surface area (Å²) in [4.78, 5) is 37.0. The molecule has 0 saturated carbocycles. The Labute approximate surface area is 215 Å². The van der Waals surface area contributed by atoms with Crippen molar-refractivity contribution in [1.82, 2.24) is 24.6 Å². The maximum absolute atomic E-state index is 13.7. The first-order chi connectivity index (χ1) is 17.7. The van der Waals surface area contributed by atoms with Gasteiger partial charge in [-0.2, -0.15) is 22.5 Å². The van der Waals surface area contributed by atoms with Crippen molar-refractivity contribution < 1.29 is 32.9 Å². The van der Waals surface area contributed by atoms with Crippen LogP contribution in [0.3, 0.4) is 0 Å². The van der Waals surface area contributed by atoms with E-state index in [4.69, 9.17) is 10.5 Å². The molecule has 1 aromatic carbocycles. The fraction of sp³-hybridized carbons (Fsp3) is 0.348. The van der Waals surface area contributed by atoms with Gasteiger partial charge in [0.15, 0.2) is 6.10 Å². The number of nitrogens with one attached hydrogen (secondary N) is 2. The van der Waals surface area contributed by atoms with E-state index in [1.54, 1.807) is 6.07 Å². The second-order valence-corrected chi connectivity index (χ2v) is 10.0. The molecule has 0 aliphatic carbocycles. The lowest BCUT2D eigenvalue weighted by Gasteiger charge is -2.39. The quantitative estimate of drug-likeness (QED) is 0.254. The topological polar surface area (TPSA) is 176 Å². The number of hydrogen-bond donors (Lipinski definition) is 5. The Morgan fingerprint density at radius 3 is 2.58 bits per heavy atom. The largest absolute Gasteiger partial charge is 0.418 e. The number of aliphatic hydroxyl groups excluding tert-OH is 1. The number of alkyl halides is 3. The monoisotopic (exact) mass is 550 g/mol. The molecule has 1 amide bonds. The van der Waals surface area contributed by atoms with E-state index in [1.807, 2.05) is 0 Å². The van der Waals surface area contributed by atoms with Crippen LogP contribution in [0.25, 0.3) is 21.0 Å². The molecule has 2 atom stereocenters. The van der Waals surface area contributed by atoms with Gasteiger partial charge in [0.05, 0.1) is 39.2 Å². The highest BCUT2D eigenvalue weighted by Crippen LogP contribution is 2.42. The number of H-pyrrole nitrogens is 1. The van der Waals surface area contributed by atoms with Crippen LogP contribution in [0, 0.1) is 0 Å². The molecule has 0 radical (unpaired) electrons. The van der Waals surface area contributed by atoms with Crippen LogP contribution in [0.5, 0.6) is 0 Å². The number of aromatic amines is 1. The van der Waals surface area contributed by atoms with Gasteiger partial charge in [0.1, 0.15) is 17.2 Å². The number of fused-ring (bicyclic) bond motifs is 3. The Bertz CT molecular complexity index is 1650. The summed E-state index contributed by atoms with van der Waals surface area (Å²) in [6, 6.07) is 4.68. The van der Waals surface area contributed by atoms with Crippen molar-refractivity contribution >= 4 is 44.2 Å². The summed E-state index contributed by atoms with van der Waals surface area (Å²) in [5.74, 6) is -1.07. The summed E-state index contributed by atoms with van der Waals surface area (Å²) in [5, 5.41) is 25.2. The molecule has 3 aromatic heterocycles. The van der Waals surface area contributed by atoms with E-state index in [0.717, 1.165) is 31.4 Å². The zero-order valence-corrected chi connectivity index (χ0v) is 20.7. The van der Waals surface area contributed by atoms with Gasteiger partial charge in [0.2, 0.25) is 5.60 Å². The minimum Gasteiger partial charge on any atom is -0.384 e. The first-order valence-electron chi connectivity index (χ1n) is 11.2. The summed E-state index contributed by atoms with van der Waals surface area (Å²) >= 11 is 0.992. The molecule has 38 heavy (non-hydrogen) atoms. The number of nitrogens with zero attached hydrogens (tertiary/aromatic N) is 3. The number of anilines is 1. The maximum Gasteiger partial charge on any atom is 0.418 e. The third-order valence-corrected chi connectivity index (χ3v) is 7.12. The van der Waals surface area contributed by atoms with Gasteiger partial charge in [-0.1, -0.05) is 0 Å². The van der Waals surface area contributed by atoms with E-state index < -0.39 is 51.9 Å². The van der Waals surface area contributed by atoms with Crippen LogP contribution >= 0.6 is 11.5 Å². The Hall–Kier alpha value is -3.66. The SMILES string of the molecule is CC(C)(O)c1nc([C@]2([C@@H](O)c3nc(=O)c4c(ccc5c(N)nsc54)[nH]3)OCCNC2=O)ccc1C(F)(F)F. The molecule has 5 rings (SSSR count). The Balaban J connectivity index is 1.72. The van der Waals surface area contributed by atoms with E-state index in [2.05, 4.69) is 24.6 Å². The molecule has 1 aliphatic rings. The maximum atomic E-state index is 13.7. The van der Waals surface area contributed by atoms with Gasteiger partial charge in [-0.05, 0) is 49.6 Å². The van der Waals surface area contributed by atoms with Crippen LogP contribution in [0.15, 0.2) is 29.1 Å². The number of carbonyl (C=O) groups is 1. The first-order valence-corrected chi connectivity index (χ1v) is 12.0. The van der Waals surface area contributed by atoms with Crippen molar-refractivity contribution in [2.24, 2.45) is 0 Å². The summed E-state index contributed by atoms with van der Waals surface area (Å²) in [7, 11) is 0. The lowest BCUT2D eigenvalue weighted by molar-refractivity contribution is -0.181. The van der Waals surface area contributed by atoms with Gasteiger partial charge in [-0.3, -0.25) is 14.6 Å². The highest BCUT2D eigenvalue weighted by molar-refractivity contribution is 7.14. The molecule has 1 saturated heterocycles. The van der Waals surface area contributed by atoms with Gasteiger partial charge in [0, 0.05) is 11.9 Å². The number of halogens is 3. The zero-order valence-electron chi connectivity index (χ0n) is 19.9. The molecule has 4 heterocycles. The lowest BCUT2D eigenvalue weighted by Crippen LogP contribution is -2.56. The number of amides is 1. The smallest absolute Gasteiger partial charge is 0.384 e. The van der Waals surface area contributed by atoms with E-state index in [1.165, 1.54) is 6.07 Å². The minimum atomic E-state index is -4.86. The summed E-state index contributed by atoms with van der Waals surface area (Å²) in [5.41, 5.74) is -1.56. The second kappa shape index (κ2) is 8.69.